The van der Waals surface area contributed by atoms with Gasteiger partial charge in [0.25, 0.3) is 5.91 Å². The number of halogens is 3. The van der Waals surface area contributed by atoms with Crippen molar-refractivity contribution < 1.29 is 28.2 Å². The van der Waals surface area contributed by atoms with E-state index in [0.29, 0.717) is 24.0 Å². The third-order valence-electron chi connectivity index (χ3n) is 5.53. The van der Waals surface area contributed by atoms with Crippen LogP contribution in [0.1, 0.15) is 34.3 Å². The zero-order valence-electron chi connectivity index (χ0n) is 16.9. The van der Waals surface area contributed by atoms with Crippen molar-refractivity contribution in [2.45, 2.75) is 24.6 Å². The van der Waals surface area contributed by atoms with Crippen molar-refractivity contribution in [3.63, 3.8) is 0 Å². The van der Waals surface area contributed by atoms with Crippen LogP contribution in [0.2, 0.25) is 0 Å². The summed E-state index contributed by atoms with van der Waals surface area (Å²) in [5, 5.41) is 22.6. The summed E-state index contributed by atoms with van der Waals surface area (Å²) in [7, 11) is 0. The van der Waals surface area contributed by atoms with Crippen LogP contribution >= 0.6 is 0 Å². The number of rotatable bonds is 6. The van der Waals surface area contributed by atoms with Gasteiger partial charge in [0, 0.05) is 47.8 Å². The Bertz CT molecular complexity index is 1150. The molecule has 0 saturated carbocycles. The van der Waals surface area contributed by atoms with E-state index in [1.807, 2.05) is 0 Å². The second kappa shape index (κ2) is 8.33. The molecule has 1 amide bonds. The molecule has 1 aliphatic carbocycles. The Morgan fingerprint density at radius 3 is 2.44 bits per heavy atom. The molecule has 1 aliphatic rings. The maximum absolute atomic E-state index is 14.3. The fourth-order valence-electron chi connectivity index (χ4n) is 4.02. The first-order valence-electron chi connectivity index (χ1n) is 10.0. The number of alkyl halides is 3. The van der Waals surface area contributed by atoms with Gasteiger partial charge in [-0.15, -0.1) is 0 Å². The quantitative estimate of drug-likeness (QED) is 0.508. The van der Waals surface area contributed by atoms with Crippen LogP contribution in [0.25, 0.3) is 22.3 Å². The van der Waals surface area contributed by atoms with Gasteiger partial charge in [-0.05, 0) is 41.7 Å². The molecule has 2 aromatic carbocycles. The second-order valence-electron chi connectivity index (χ2n) is 7.51. The molecule has 1 atom stereocenters. The van der Waals surface area contributed by atoms with Crippen molar-refractivity contribution in [2.75, 3.05) is 13.2 Å². The summed E-state index contributed by atoms with van der Waals surface area (Å²) in [5.41, 5.74) is -2.84. The lowest BCUT2D eigenvalue weighted by atomic mass is 9.87. The Labute approximate surface area is 181 Å². The number of hydrogen-bond acceptors (Lipinski definition) is 5. The summed E-state index contributed by atoms with van der Waals surface area (Å²) in [4.78, 5) is 20.7. The lowest BCUT2D eigenvalue weighted by Gasteiger charge is -2.28. The Morgan fingerprint density at radius 1 is 1.03 bits per heavy atom. The largest absolute Gasteiger partial charge is 0.425 e. The van der Waals surface area contributed by atoms with E-state index >= 15 is 0 Å². The summed E-state index contributed by atoms with van der Waals surface area (Å²) in [6.07, 6.45) is 0.166. The van der Waals surface area contributed by atoms with Crippen LogP contribution in [0.15, 0.2) is 55.1 Å². The molecule has 1 aromatic heterocycles. The van der Waals surface area contributed by atoms with Gasteiger partial charge in [-0.2, -0.15) is 13.2 Å². The van der Waals surface area contributed by atoms with E-state index in [1.54, 1.807) is 6.07 Å². The van der Waals surface area contributed by atoms with Crippen molar-refractivity contribution in [1.29, 1.82) is 0 Å². The summed E-state index contributed by atoms with van der Waals surface area (Å²) in [5.74, 6) is -0.579. The molecule has 3 aromatic rings. The van der Waals surface area contributed by atoms with Crippen LogP contribution in [0, 0.1) is 0 Å². The van der Waals surface area contributed by atoms with Gasteiger partial charge in [-0.3, -0.25) is 4.79 Å². The molecule has 6 nitrogen and oxygen atoms in total. The number of carbonyl (C=O) groups excluding carboxylic acids is 1. The molecular formula is C23H20F3N3O3. The predicted octanol–water partition coefficient (Wildman–Crippen LogP) is 3.42. The number of aliphatic hydroxyl groups is 2. The highest BCUT2D eigenvalue weighted by Crippen LogP contribution is 2.57. The average molecular weight is 443 g/mol. The number of nitrogens with zero attached hydrogens (tertiary/aromatic N) is 2. The van der Waals surface area contributed by atoms with E-state index < -0.39 is 23.2 Å². The van der Waals surface area contributed by atoms with Crippen LogP contribution in [0.3, 0.4) is 0 Å². The highest BCUT2D eigenvalue weighted by Gasteiger charge is 2.61. The van der Waals surface area contributed by atoms with E-state index in [9.17, 15) is 23.1 Å². The number of amides is 1. The zero-order chi connectivity index (χ0) is 22.9. The van der Waals surface area contributed by atoms with Crippen molar-refractivity contribution in [1.82, 2.24) is 15.3 Å². The third kappa shape index (κ3) is 3.53. The molecule has 32 heavy (non-hydrogen) atoms. The summed E-state index contributed by atoms with van der Waals surface area (Å²) in [6, 6.07) is 8.36. The van der Waals surface area contributed by atoms with Gasteiger partial charge in [0.2, 0.25) is 5.60 Å². The molecule has 4 rings (SSSR count). The molecule has 166 valence electrons. The first kappa shape index (κ1) is 21.9. The normalized spacial score (nSPS) is 17.0. The van der Waals surface area contributed by atoms with Gasteiger partial charge in [-0.25, -0.2) is 9.97 Å². The smallest absolute Gasteiger partial charge is 0.396 e. The van der Waals surface area contributed by atoms with E-state index in [-0.39, 0.29) is 35.4 Å². The highest BCUT2D eigenvalue weighted by molar-refractivity contribution is 6.00. The van der Waals surface area contributed by atoms with E-state index in [1.165, 1.54) is 43.0 Å². The van der Waals surface area contributed by atoms with E-state index in [2.05, 4.69) is 15.3 Å². The maximum atomic E-state index is 14.3. The van der Waals surface area contributed by atoms with Crippen molar-refractivity contribution >= 4 is 5.91 Å². The maximum Gasteiger partial charge on any atom is 0.425 e. The lowest BCUT2D eigenvalue weighted by molar-refractivity contribution is -0.246. The summed E-state index contributed by atoms with van der Waals surface area (Å²) in [6.45, 7) is 0.230. The van der Waals surface area contributed by atoms with Gasteiger partial charge in [0.15, 0.2) is 0 Å². The Morgan fingerprint density at radius 2 is 1.75 bits per heavy atom. The van der Waals surface area contributed by atoms with Crippen LogP contribution in [0.4, 0.5) is 13.2 Å². The highest BCUT2D eigenvalue weighted by atomic mass is 19.4. The Kier molecular flexibility index (Phi) is 5.70. The minimum Gasteiger partial charge on any atom is -0.396 e. The number of fused-ring (bicyclic) bond motifs is 3. The van der Waals surface area contributed by atoms with Gasteiger partial charge in [0.1, 0.15) is 6.33 Å². The Hall–Kier alpha value is -3.30. The molecule has 0 aliphatic heterocycles. The summed E-state index contributed by atoms with van der Waals surface area (Å²) < 4.78 is 42.8. The molecule has 1 heterocycles. The number of aromatic nitrogens is 2. The average Bonchev–Trinajstić information content (AvgIpc) is 3.06. The number of benzene rings is 2. The molecule has 0 fully saturated rings. The number of aliphatic hydroxyl groups excluding tert-OH is 1. The molecule has 0 spiro atoms. The SMILES string of the molecule is O=C(NCCCCO)c1cc(-c2cncnc2)c2c(c1)C(O)(C(F)(F)F)c1ccccc1-2. The van der Waals surface area contributed by atoms with Crippen molar-refractivity contribution in [3.8, 4) is 22.3 Å². The van der Waals surface area contributed by atoms with Gasteiger partial charge >= 0.3 is 6.18 Å². The number of carbonyl (C=O) groups is 1. The van der Waals surface area contributed by atoms with Crippen LogP contribution in [-0.4, -0.2) is 45.4 Å². The monoisotopic (exact) mass is 443 g/mol. The molecule has 3 N–H and O–H groups in total. The number of unbranched alkanes of at least 4 members (excludes halogenated alkanes) is 1. The van der Waals surface area contributed by atoms with Crippen molar-refractivity contribution in [2.24, 2.45) is 0 Å². The number of nitrogens with one attached hydrogen (secondary N) is 1. The third-order valence-corrected chi connectivity index (χ3v) is 5.53. The van der Waals surface area contributed by atoms with Crippen molar-refractivity contribution in [3.05, 3.63) is 71.8 Å². The number of hydrogen-bond donors (Lipinski definition) is 3. The molecule has 0 saturated heterocycles. The molecule has 9 heteroatoms. The van der Waals surface area contributed by atoms with Gasteiger partial charge in [-0.1, -0.05) is 24.3 Å². The van der Waals surface area contributed by atoms with Crippen LogP contribution < -0.4 is 5.32 Å². The van der Waals surface area contributed by atoms with E-state index in [4.69, 9.17) is 5.11 Å². The van der Waals surface area contributed by atoms with Crippen LogP contribution in [0.5, 0.6) is 0 Å². The lowest BCUT2D eigenvalue weighted by Crippen LogP contribution is -2.41. The first-order valence-corrected chi connectivity index (χ1v) is 10.0. The van der Waals surface area contributed by atoms with Crippen LogP contribution in [-0.2, 0) is 5.60 Å². The molecule has 0 bridgehead atoms. The predicted molar refractivity (Wildman–Crippen MR) is 111 cm³/mol. The Balaban J connectivity index is 1.94. The fourth-order valence-corrected chi connectivity index (χ4v) is 4.02. The standard InChI is InChI=1S/C23H20F3N3O3/c24-23(25,26)22(32)18-6-2-1-5-16(18)20-17(15-11-27-13-28-12-15)9-14(10-19(20)22)21(31)29-7-3-4-8-30/h1-2,5-6,9-13,30,32H,3-4,7-8H2,(H,29,31). The van der Waals surface area contributed by atoms with Gasteiger partial charge < -0.3 is 15.5 Å². The molecule has 1 unspecified atom stereocenters. The molecule has 0 radical (unpaired) electrons. The second-order valence-corrected chi connectivity index (χ2v) is 7.51. The van der Waals surface area contributed by atoms with Gasteiger partial charge in [0.05, 0.1) is 0 Å². The minimum atomic E-state index is -5.02. The van der Waals surface area contributed by atoms with E-state index in [0.717, 1.165) is 6.07 Å². The minimum absolute atomic E-state index is 0.0241. The fraction of sp³-hybridized carbons (Fsp3) is 0.261. The topological polar surface area (TPSA) is 95.3 Å². The molecular weight excluding hydrogens is 423 g/mol. The summed E-state index contributed by atoms with van der Waals surface area (Å²) >= 11 is 0. The zero-order valence-corrected chi connectivity index (χ0v) is 16.9. The first-order chi connectivity index (χ1) is 15.3.